The molecule has 2 aliphatic heterocycles. The molecular weight excluding hydrogens is 280 g/mol. The van der Waals surface area contributed by atoms with Gasteiger partial charge in [0.05, 0.1) is 11.2 Å². The summed E-state index contributed by atoms with van der Waals surface area (Å²) < 4.78 is 6.43. The Morgan fingerprint density at radius 1 is 1.24 bits per heavy atom. The topological polar surface area (TPSA) is 24.5 Å². The lowest BCUT2D eigenvalue weighted by Gasteiger charge is -2.35. The van der Waals surface area contributed by atoms with Crippen LogP contribution in [-0.2, 0) is 4.74 Å². The van der Waals surface area contributed by atoms with E-state index in [0.29, 0.717) is 12.0 Å². The van der Waals surface area contributed by atoms with Crippen LogP contribution in [0, 0.1) is 5.92 Å². The highest BCUT2D eigenvalue weighted by Gasteiger charge is 2.53. The first-order valence-corrected chi connectivity index (χ1v) is 9.65. The molecule has 3 nitrogen and oxygen atoms in total. The average molecular weight is 315 g/mol. The maximum atomic E-state index is 6.43. The number of hydrogen-bond donors (Lipinski definition) is 1. The molecule has 0 aromatic heterocycles. The van der Waals surface area contributed by atoms with Crippen LogP contribution in [0.3, 0.4) is 0 Å². The van der Waals surface area contributed by atoms with Crippen LogP contribution in [0.15, 0.2) is 0 Å². The lowest BCUT2D eigenvalue weighted by molar-refractivity contribution is -0.0796. The molecule has 0 aromatic carbocycles. The van der Waals surface area contributed by atoms with Gasteiger partial charge in [0.1, 0.15) is 0 Å². The Morgan fingerprint density at radius 2 is 1.95 bits per heavy atom. The lowest BCUT2D eigenvalue weighted by Crippen LogP contribution is -2.51. The maximum absolute atomic E-state index is 6.43. The van der Waals surface area contributed by atoms with Gasteiger partial charge in [-0.1, -0.05) is 6.92 Å². The Hall–Kier alpha value is 0.230. The predicted molar refractivity (Wildman–Crippen MR) is 93.2 cm³/mol. The molecule has 0 aromatic rings. The summed E-state index contributed by atoms with van der Waals surface area (Å²) in [5, 5.41) is 3.77. The molecule has 21 heavy (non-hydrogen) atoms. The Kier molecular flexibility index (Phi) is 5.67. The van der Waals surface area contributed by atoms with E-state index in [1.807, 2.05) is 0 Å². The van der Waals surface area contributed by atoms with Crippen molar-refractivity contribution in [3.8, 4) is 0 Å². The molecule has 2 aliphatic rings. The third-order valence-corrected chi connectivity index (χ3v) is 6.34. The minimum atomic E-state index is -0.0887. The van der Waals surface area contributed by atoms with E-state index >= 15 is 0 Å². The van der Waals surface area contributed by atoms with Gasteiger partial charge in [0.2, 0.25) is 0 Å². The summed E-state index contributed by atoms with van der Waals surface area (Å²) in [6.45, 7) is 13.5. The molecular formula is C17H34N2OS. The molecule has 2 fully saturated rings. The Labute approximate surface area is 135 Å². The van der Waals surface area contributed by atoms with Crippen LogP contribution in [0.4, 0.5) is 0 Å². The van der Waals surface area contributed by atoms with E-state index in [9.17, 15) is 0 Å². The van der Waals surface area contributed by atoms with Crippen LogP contribution in [-0.4, -0.2) is 59.8 Å². The molecule has 0 aliphatic carbocycles. The van der Waals surface area contributed by atoms with Crippen LogP contribution in [0.2, 0.25) is 0 Å². The predicted octanol–water partition coefficient (Wildman–Crippen LogP) is 3.00. The fourth-order valence-electron chi connectivity index (χ4n) is 4.05. The highest BCUT2D eigenvalue weighted by Crippen LogP contribution is 2.43. The van der Waals surface area contributed by atoms with E-state index in [1.54, 1.807) is 0 Å². The van der Waals surface area contributed by atoms with Crippen molar-refractivity contribution in [2.45, 2.75) is 70.7 Å². The van der Waals surface area contributed by atoms with Crippen molar-refractivity contribution in [2.24, 2.45) is 5.92 Å². The number of nitrogens with one attached hydrogen (secondary N) is 1. The number of rotatable bonds is 6. The standard InChI is InChI=1S/C17H34N2OS/c1-7-9-18-15-14(16(2,3)20-17(15,4)5)11-19(6)13-8-10-21-12-13/h13-15,18H,7-12H2,1-6H3. The molecule has 0 amide bonds. The largest absolute Gasteiger partial charge is 0.368 e. The van der Waals surface area contributed by atoms with Crippen molar-refractivity contribution in [3.05, 3.63) is 0 Å². The van der Waals surface area contributed by atoms with E-state index in [2.05, 4.69) is 63.6 Å². The summed E-state index contributed by atoms with van der Waals surface area (Å²) in [5.74, 6) is 3.15. The molecule has 2 saturated heterocycles. The molecule has 1 N–H and O–H groups in total. The van der Waals surface area contributed by atoms with Crippen LogP contribution in [0.25, 0.3) is 0 Å². The zero-order valence-electron chi connectivity index (χ0n) is 14.7. The second kappa shape index (κ2) is 6.77. The van der Waals surface area contributed by atoms with E-state index < -0.39 is 0 Å². The van der Waals surface area contributed by atoms with E-state index in [1.165, 1.54) is 24.3 Å². The summed E-state index contributed by atoms with van der Waals surface area (Å²) in [6.07, 6.45) is 2.51. The van der Waals surface area contributed by atoms with Crippen molar-refractivity contribution in [3.63, 3.8) is 0 Å². The summed E-state index contributed by atoms with van der Waals surface area (Å²) in [6, 6.07) is 1.19. The monoisotopic (exact) mass is 314 g/mol. The van der Waals surface area contributed by atoms with Crippen molar-refractivity contribution < 1.29 is 4.74 Å². The molecule has 124 valence electrons. The van der Waals surface area contributed by atoms with Gasteiger partial charge in [0.15, 0.2) is 0 Å². The average Bonchev–Trinajstić information content (AvgIpc) is 2.94. The van der Waals surface area contributed by atoms with Crippen LogP contribution in [0.5, 0.6) is 0 Å². The first kappa shape index (κ1) is 17.6. The molecule has 4 heteroatoms. The Morgan fingerprint density at radius 3 is 2.52 bits per heavy atom. The summed E-state index contributed by atoms with van der Waals surface area (Å²) in [7, 11) is 2.30. The zero-order valence-corrected chi connectivity index (χ0v) is 15.6. The SMILES string of the molecule is CCCNC1C(CN(C)C2CCSC2)C(C)(C)OC1(C)C. The fourth-order valence-corrected chi connectivity index (χ4v) is 5.34. The first-order valence-electron chi connectivity index (χ1n) is 8.49. The molecule has 3 unspecified atom stereocenters. The molecule has 0 bridgehead atoms. The van der Waals surface area contributed by atoms with Crippen molar-refractivity contribution in [2.75, 3.05) is 31.6 Å². The normalized spacial score (nSPS) is 34.7. The van der Waals surface area contributed by atoms with E-state index in [-0.39, 0.29) is 11.2 Å². The number of ether oxygens (including phenoxy) is 1. The maximum Gasteiger partial charge on any atom is 0.0790 e. The summed E-state index contributed by atoms with van der Waals surface area (Å²) in [5.41, 5.74) is -0.149. The van der Waals surface area contributed by atoms with Gasteiger partial charge in [0, 0.05) is 30.3 Å². The zero-order chi connectivity index (χ0) is 15.7. The highest BCUT2D eigenvalue weighted by atomic mass is 32.2. The molecule has 2 rings (SSSR count). The lowest BCUT2D eigenvalue weighted by atomic mass is 9.82. The number of nitrogens with zero attached hydrogens (tertiary/aromatic N) is 1. The minimum Gasteiger partial charge on any atom is -0.368 e. The fraction of sp³-hybridized carbons (Fsp3) is 1.00. The quantitative estimate of drug-likeness (QED) is 0.814. The number of thioether (sulfide) groups is 1. The van der Waals surface area contributed by atoms with E-state index in [0.717, 1.165) is 19.1 Å². The third-order valence-electron chi connectivity index (χ3n) is 5.20. The Bertz CT molecular complexity index is 340. The third kappa shape index (κ3) is 3.95. The van der Waals surface area contributed by atoms with Gasteiger partial charge in [-0.3, -0.25) is 0 Å². The van der Waals surface area contributed by atoms with Crippen molar-refractivity contribution >= 4 is 11.8 Å². The molecule has 0 saturated carbocycles. The van der Waals surface area contributed by atoms with Gasteiger partial charge >= 0.3 is 0 Å². The van der Waals surface area contributed by atoms with Gasteiger partial charge in [-0.2, -0.15) is 11.8 Å². The van der Waals surface area contributed by atoms with Crippen molar-refractivity contribution in [1.29, 1.82) is 0 Å². The molecule has 0 spiro atoms. The smallest absolute Gasteiger partial charge is 0.0790 e. The van der Waals surface area contributed by atoms with Gasteiger partial charge in [-0.05, 0) is 59.9 Å². The van der Waals surface area contributed by atoms with Crippen LogP contribution < -0.4 is 5.32 Å². The van der Waals surface area contributed by atoms with Crippen molar-refractivity contribution in [1.82, 2.24) is 10.2 Å². The first-order chi connectivity index (χ1) is 9.78. The van der Waals surface area contributed by atoms with E-state index in [4.69, 9.17) is 4.74 Å². The van der Waals surface area contributed by atoms with Gasteiger partial charge in [-0.25, -0.2) is 0 Å². The second-order valence-electron chi connectivity index (χ2n) is 7.80. The van der Waals surface area contributed by atoms with Crippen LogP contribution in [0.1, 0.15) is 47.5 Å². The Balaban J connectivity index is 2.08. The summed E-state index contributed by atoms with van der Waals surface area (Å²) in [4.78, 5) is 2.58. The molecule has 2 heterocycles. The van der Waals surface area contributed by atoms with Crippen LogP contribution >= 0.6 is 11.8 Å². The molecule has 0 radical (unpaired) electrons. The molecule has 3 atom stereocenters. The van der Waals surface area contributed by atoms with Gasteiger partial charge in [0.25, 0.3) is 0 Å². The number of hydrogen-bond acceptors (Lipinski definition) is 4. The second-order valence-corrected chi connectivity index (χ2v) is 8.95. The van der Waals surface area contributed by atoms with Gasteiger partial charge in [-0.15, -0.1) is 0 Å². The summed E-state index contributed by atoms with van der Waals surface area (Å²) >= 11 is 2.09. The van der Waals surface area contributed by atoms with Gasteiger partial charge < -0.3 is 15.0 Å². The minimum absolute atomic E-state index is 0.0606. The highest BCUT2D eigenvalue weighted by molar-refractivity contribution is 7.99.